The van der Waals surface area contributed by atoms with Gasteiger partial charge in [-0.2, -0.15) is 0 Å². The zero-order chi connectivity index (χ0) is 9.23. The maximum atomic E-state index is 10.1. The van der Waals surface area contributed by atoms with E-state index in [4.69, 9.17) is 5.11 Å². The van der Waals surface area contributed by atoms with Crippen molar-refractivity contribution in [1.29, 1.82) is 0 Å². The van der Waals surface area contributed by atoms with Gasteiger partial charge in [-0.3, -0.25) is 4.79 Å². The summed E-state index contributed by atoms with van der Waals surface area (Å²) in [6, 6.07) is 0.0844. The molecule has 0 aliphatic heterocycles. The minimum absolute atomic E-state index is 0. The lowest BCUT2D eigenvalue weighted by atomic mass is 10.1. The summed E-state index contributed by atoms with van der Waals surface area (Å²) in [4.78, 5) is 10.1. The van der Waals surface area contributed by atoms with E-state index < -0.39 is 0 Å². The molecule has 0 aliphatic rings. The van der Waals surface area contributed by atoms with E-state index in [1.54, 1.807) is 6.08 Å². The zero-order valence-corrected chi connectivity index (χ0v) is 7.33. The Morgan fingerprint density at radius 2 is 2.25 bits per heavy atom. The van der Waals surface area contributed by atoms with Gasteiger partial charge in [0.15, 0.2) is 0 Å². The minimum Gasteiger partial charge on any atom is -0.396 e. The quantitative estimate of drug-likeness (QED) is 0.328. The summed E-state index contributed by atoms with van der Waals surface area (Å²) < 4.78 is 0. The average molecular weight is 173 g/mol. The highest BCUT2D eigenvalue weighted by atomic mass is 16.2. The Morgan fingerprint density at radius 3 is 2.75 bits per heavy atom. The summed E-state index contributed by atoms with van der Waals surface area (Å²) in [7, 11) is 0. The van der Waals surface area contributed by atoms with Crippen LogP contribution in [0.25, 0.3) is 0 Å². The Kier molecular flexibility index (Phi) is 7.70. The molecular formula is C9H19NO2. The average Bonchev–Trinajstić information content (AvgIpc) is 2.10. The molecule has 0 heterocycles. The first-order valence-corrected chi connectivity index (χ1v) is 4.28. The summed E-state index contributed by atoms with van der Waals surface area (Å²) in [5, 5.41) is 11.1. The molecule has 0 saturated heterocycles. The Morgan fingerprint density at radius 1 is 1.50 bits per heavy atom. The molecule has 12 heavy (non-hydrogen) atoms. The number of hydrogen-bond acceptors (Lipinski definition) is 2. The van der Waals surface area contributed by atoms with Crippen molar-refractivity contribution in [1.82, 2.24) is 5.32 Å². The van der Waals surface area contributed by atoms with Crippen LogP contribution in [0.5, 0.6) is 0 Å². The van der Waals surface area contributed by atoms with E-state index in [1.807, 2.05) is 0 Å². The van der Waals surface area contributed by atoms with E-state index in [2.05, 4.69) is 11.9 Å². The van der Waals surface area contributed by atoms with Gasteiger partial charge in [0.25, 0.3) is 0 Å². The van der Waals surface area contributed by atoms with Crippen LogP contribution in [0.2, 0.25) is 0 Å². The highest BCUT2D eigenvalue weighted by molar-refractivity contribution is 5.47. The number of aliphatic hydroxyl groups is 1. The van der Waals surface area contributed by atoms with E-state index in [-0.39, 0.29) is 14.1 Å². The van der Waals surface area contributed by atoms with Gasteiger partial charge in [-0.15, -0.1) is 6.58 Å². The number of rotatable bonds is 8. The van der Waals surface area contributed by atoms with Crippen LogP contribution in [0.15, 0.2) is 12.7 Å². The molecule has 0 aromatic heterocycles. The smallest absolute Gasteiger partial charge is 0.207 e. The summed E-state index contributed by atoms with van der Waals surface area (Å²) in [6.45, 7) is 3.86. The first-order chi connectivity index (χ1) is 5.85. The predicted molar refractivity (Wildman–Crippen MR) is 50.9 cm³/mol. The molecule has 3 nitrogen and oxygen atoms in total. The molecule has 0 spiro atoms. The van der Waals surface area contributed by atoms with E-state index >= 15 is 0 Å². The van der Waals surface area contributed by atoms with Crippen molar-refractivity contribution >= 4 is 6.41 Å². The number of carbonyl (C=O) groups is 1. The molecular weight excluding hydrogens is 154 g/mol. The van der Waals surface area contributed by atoms with Gasteiger partial charge in [0, 0.05) is 14.1 Å². The molecule has 0 bridgehead atoms. The van der Waals surface area contributed by atoms with Crippen LogP contribution in [0.1, 0.15) is 27.1 Å². The van der Waals surface area contributed by atoms with Crippen LogP contribution in [0, 0.1) is 0 Å². The molecule has 1 atom stereocenters. The third-order valence-electron chi connectivity index (χ3n) is 1.74. The van der Waals surface area contributed by atoms with Crippen LogP contribution in [0.4, 0.5) is 0 Å². The second kappa shape index (κ2) is 8.27. The minimum atomic E-state index is 0. The fourth-order valence-corrected chi connectivity index (χ4v) is 1.01. The fraction of sp³-hybridized carbons (Fsp3) is 0.667. The predicted octanol–water partition coefficient (Wildman–Crippen LogP) is 1.09. The molecule has 0 aromatic rings. The number of hydrogen-bond donors (Lipinski definition) is 2. The van der Waals surface area contributed by atoms with Crippen LogP contribution in [0.3, 0.4) is 0 Å². The molecule has 0 aliphatic carbocycles. The van der Waals surface area contributed by atoms with Gasteiger partial charge in [-0.05, 0) is 12.8 Å². The van der Waals surface area contributed by atoms with E-state index in [0.717, 1.165) is 25.7 Å². The summed E-state index contributed by atoms with van der Waals surface area (Å²) in [6.07, 6.45) is 6.18. The Hall–Kier alpha value is -0.830. The molecule has 2 N–H and O–H groups in total. The van der Waals surface area contributed by atoms with Crippen molar-refractivity contribution in [3.05, 3.63) is 12.7 Å². The number of aliphatic hydroxyl groups excluding tert-OH is 1. The highest BCUT2D eigenvalue weighted by Crippen LogP contribution is 2.03. The second-order valence-electron chi connectivity index (χ2n) is 2.70. The largest absolute Gasteiger partial charge is 0.396 e. The van der Waals surface area contributed by atoms with Gasteiger partial charge < -0.3 is 10.4 Å². The fourth-order valence-electron chi connectivity index (χ4n) is 1.01. The SMILES string of the molecule is C=C[C@H](CCCCCO)NC=O.[HH]. The molecule has 0 rings (SSSR count). The number of carbonyl (C=O) groups excluding carboxylic acids is 1. The summed E-state index contributed by atoms with van der Waals surface area (Å²) >= 11 is 0. The standard InChI is InChI=1S/C9H17NO2.H2/c1-2-9(10-8-12)6-4-3-5-7-11;/h2,8-9,11H,1,3-7H2,(H,10,12);1H/t9-;/m1./s1. The third kappa shape index (κ3) is 5.92. The van der Waals surface area contributed by atoms with E-state index in [1.165, 1.54) is 0 Å². The number of amides is 1. The van der Waals surface area contributed by atoms with Gasteiger partial charge in [0.1, 0.15) is 0 Å². The van der Waals surface area contributed by atoms with E-state index in [0.29, 0.717) is 6.41 Å². The van der Waals surface area contributed by atoms with Crippen LogP contribution in [-0.4, -0.2) is 24.2 Å². The molecule has 72 valence electrons. The number of nitrogens with one attached hydrogen (secondary N) is 1. The van der Waals surface area contributed by atoms with Crippen LogP contribution in [-0.2, 0) is 4.79 Å². The number of unbranched alkanes of at least 4 members (excludes halogenated alkanes) is 2. The lowest BCUT2D eigenvalue weighted by Gasteiger charge is -2.09. The van der Waals surface area contributed by atoms with Gasteiger partial charge in [-0.25, -0.2) is 0 Å². The first kappa shape index (κ1) is 11.2. The monoisotopic (exact) mass is 173 g/mol. The van der Waals surface area contributed by atoms with Gasteiger partial charge in [0.05, 0.1) is 0 Å². The van der Waals surface area contributed by atoms with Crippen molar-refractivity contribution in [3.63, 3.8) is 0 Å². The summed E-state index contributed by atoms with van der Waals surface area (Å²) in [5.41, 5.74) is 0. The normalized spacial score (nSPS) is 12.1. The second-order valence-corrected chi connectivity index (χ2v) is 2.70. The Labute approximate surface area is 75.0 Å². The lowest BCUT2D eigenvalue weighted by molar-refractivity contribution is -0.109. The summed E-state index contributed by atoms with van der Waals surface area (Å²) in [5.74, 6) is 0. The van der Waals surface area contributed by atoms with Crippen LogP contribution < -0.4 is 5.32 Å². The molecule has 0 unspecified atom stereocenters. The lowest BCUT2D eigenvalue weighted by Crippen LogP contribution is -2.25. The highest BCUT2D eigenvalue weighted by Gasteiger charge is 2.00. The van der Waals surface area contributed by atoms with Gasteiger partial charge >= 0.3 is 0 Å². The van der Waals surface area contributed by atoms with Crippen molar-refractivity contribution in [2.24, 2.45) is 0 Å². The molecule has 0 aromatic carbocycles. The van der Waals surface area contributed by atoms with Crippen molar-refractivity contribution in [2.75, 3.05) is 6.61 Å². The topological polar surface area (TPSA) is 49.3 Å². The van der Waals surface area contributed by atoms with Crippen molar-refractivity contribution < 1.29 is 11.3 Å². The first-order valence-electron chi connectivity index (χ1n) is 4.28. The van der Waals surface area contributed by atoms with Gasteiger partial charge in [0.2, 0.25) is 6.41 Å². The Bertz CT molecular complexity index is 131. The maximum Gasteiger partial charge on any atom is 0.207 e. The van der Waals surface area contributed by atoms with E-state index in [9.17, 15) is 4.79 Å². The Balaban J connectivity index is 0. The molecule has 3 heteroatoms. The zero-order valence-electron chi connectivity index (χ0n) is 7.33. The third-order valence-corrected chi connectivity index (χ3v) is 1.74. The van der Waals surface area contributed by atoms with Gasteiger partial charge in [-0.1, -0.05) is 18.9 Å². The molecule has 0 radical (unpaired) electrons. The van der Waals surface area contributed by atoms with Crippen molar-refractivity contribution in [3.8, 4) is 0 Å². The maximum absolute atomic E-state index is 10.1. The molecule has 0 fully saturated rings. The molecule has 0 saturated carbocycles. The van der Waals surface area contributed by atoms with Crippen LogP contribution >= 0.6 is 0 Å². The molecule has 1 amide bonds. The van der Waals surface area contributed by atoms with Crippen molar-refractivity contribution in [2.45, 2.75) is 31.7 Å².